The Morgan fingerprint density at radius 3 is 2.44 bits per heavy atom. The molecule has 4 aromatic rings. The van der Waals surface area contributed by atoms with Gasteiger partial charge in [0.05, 0.1) is 17.8 Å². The van der Waals surface area contributed by atoms with Crippen LogP contribution in [-0.2, 0) is 20.1 Å². The minimum absolute atomic E-state index is 0. The number of halogens is 2. The predicted molar refractivity (Wildman–Crippen MR) is 198 cm³/mol. The van der Waals surface area contributed by atoms with Gasteiger partial charge >= 0.3 is 5.97 Å². The van der Waals surface area contributed by atoms with Crippen molar-refractivity contribution in [1.82, 2.24) is 15.3 Å². The highest BCUT2D eigenvalue weighted by Crippen LogP contribution is 2.45. The first-order chi connectivity index (χ1) is 23.7. The molecule has 3 heterocycles. The highest BCUT2D eigenvalue weighted by atomic mass is 35.5. The lowest BCUT2D eigenvalue weighted by molar-refractivity contribution is -0.148. The Bertz CT molecular complexity index is 1890. The Hall–Kier alpha value is -4.41. The number of pyridine rings is 1. The number of thiazole rings is 1. The van der Waals surface area contributed by atoms with E-state index in [1.165, 1.54) is 30.0 Å². The van der Waals surface area contributed by atoms with Gasteiger partial charge in [0.15, 0.2) is 0 Å². The predicted octanol–water partition coefficient (Wildman–Crippen LogP) is 5.93. The summed E-state index contributed by atoms with van der Waals surface area (Å²) < 4.78 is 10.9. The van der Waals surface area contributed by atoms with E-state index in [2.05, 4.69) is 21.1 Å². The molecule has 5 rings (SSSR count). The fraction of sp³-hybridized carbons (Fsp3) is 0.294. The van der Waals surface area contributed by atoms with Gasteiger partial charge in [-0.3, -0.25) is 4.79 Å². The van der Waals surface area contributed by atoms with E-state index in [4.69, 9.17) is 49.1 Å². The van der Waals surface area contributed by atoms with E-state index in [1.54, 1.807) is 24.3 Å². The van der Waals surface area contributed by atoms with Gasteiger partial charge in [-0.25, -0.2) is 19.6 Å². The third-order valence-corrected chi connectivity index (χ3v) is 9.70. The Morgan fingerprint density at radius 1 is 1.12 bits per heavy atom. The van der Waals surface area contributed by atoms with E-state index >= 15 is 0 Å². The SMILES string of the molecule is Cl.[C-]#[N+]c1c(N2CCCC2)nc(SCc2csc(-c3ccc(Cl)cc3)n2)c(C#N)c1-c1ccc(OCCOC(=O)[C@H](C)NC(=O)C(N)N)cc1. The third kappa shape index (κ3) is 9.43. The van der Waals surface area contributed by atoms with Crippen LogP contribution in [0.5, 0.6) is 5.75 Å². The Labute approximate surface area is 309 Å². The summed E-state index contributed by atoms with van der Waals surface area (Å²) in [6, 6.07) is 16.0. The summed E-state index contributed by atoms with van der Waals surface area (Å²) in [6.07, 6.45) is 0.763. The molecule has 1 fully saturated rings. The van der Waals surface area contributed by atoms with Crippen LogP contribution in [0.15, 0.2) is 58.9 Å². The number of hydrogen-bond acceptors (Lipinski definition) is 12. The van der Waals surface area contributed by atoms with E-state index in [1.807, 2.05) is 29.6 Å². The van der Waals surface area contributed by atoms with Crippen LogP contribution in [0.3, 0.4) is 0 Å². The van der Waals surface area contributed by atoms with Crippen molar-refractivity contribution >= 4 is 70.5 Å². The van der Waals surface area contributed by atoms with Crippen LogP contribution >= 0.6 is 47.1 Å². The highest BCUT2D eigenvalue weighted by Gasteiger charge is 2.27. The number of esters is 1. The van der Waals surface area contributed by atoms with Crippen molar-refractivity contribution in [2.24, 2.45) is 11.5 Å². The van der Waals surface area contributed by atoms with Crippen LogP contribution in [-0.4, -0.2) is 60.4 Å². The fourth-order valence-electron chi connectivity index (χ4n) is 5.04. The summed E-state index contributed by atoms with van der Waals surface area (Å²) in [6.45, 7) is 11.1. The second-order valence-electron chi connectivity index (χ2n) is 11.0. The quantitative estimate of drug-likeness (QED) is 0.0485. The second kappa shape index (κ2) is 18.0. The summed E-state index contributed by atoms with van der Waals surface area (Å²) in [7, 11) is 0. The number of carbonyl (C=O) groups is 2. The van der Waals surface area contributed by atoms with Gasteiger partial charge in [0.1, 0.15) is 53.1 Å². The van der Waals surface area contributed by atoms with Crippen molar-refractivity contribution in [2.75, 3.05) is 31.2 Å². The molecular formula is C34H34Cl2N8O4S2. The van der Waals surface area contributed by atoms with Crippen molar-refractivity contribution in [2.45, 2.75) is 42.8 Å². The number of thioether (sulfide) groups is 1. The molecular weight excluding hydrogens is 719 g/mol. The zero-order valence-electron chi connectivity index (χ0n) is 26.9. The van der Waals surface area contributed by atoms with Gasteiger partial charge in [0.25, 0.3) is 5.91 Å². The monoisotopic (exact) mass is 752 g/mol. The molecule has 0 aliphatic carbocycles. The van der Waals surface area contributed by atoms with Gasteiger partial charge < -0.3 is 31.2 Å². The smallest absolute Gasteiger partial charge is 0.328 e. The first kappa shape index (κ1) is 38.4. The molecule has 5 N–H and O–H groups in total. The number of benzene rings is 2. The molecule has 50 heavy (non-hydrogen) atoms. The molecule has 0 unspecified atom stereocenters. The number of nitrogens with zero attached hydrogens (tertiary/aromatic N) is 5. The first-order valence-corrected chi connectivity index (χ1v) is 17.6. The van der Waals surface area contributed by atoms with Crippen LogP contribution in [0.4, 0.5) is 11.5 Å². The maximum absolute atomic E-state index is 12.1. The number of aromatic nitrogens is 2. The molecule has 1 saturated heterocycles. The minimum Gasteiger partial charge on any atom is -0.490 e. The highest BCUT2D eigenvalue weighted by molar-refractivity contribution is 7.98. The number of nitriles is 1. The average molecular weight is 754 g/mol. The molecule has 0 saturated carbocycles. The molecule has 0 spiro atoms. The van der Waals surface area contributed by atoms with E-state index < -0.39 is 24.1 Å². The minimum atomic E-state index is -1.24. The number of ether oxygens (including phenoxy) is 2. The van der Waals surface area contributed by atoms with E-state index in [9.17, 15) is 14.9 Å². The van der Waals surface area contributed by atoms with E-state index in [0.717, 1.165) is 42.2 Å². The molecule has 12 nitrogen and oxygen atoms in total. The molecule has 1 aliphatic heterocycles. The van der Waals surface area contributed by atoms with Crippen LogP contribution in [0, 0.1) is 17.9 Å². The maximum Gasteiger partial charge on any atom is 0.328 e. The van der Waals surface area contributed by atoms with Crippen LogP contribution in [0.2, 0.25) is 5.02 Å². The standard InChI is InChI=1S/C34H33ClN8O4S2.ClH/c1-20(40-31(44)29(37)38)34(45)47-16-15-46-25-11-7-21(8-12-25)27-26(17-36)33(42-30(28(27)39-2)43-13-3-4-14-43)49-19-24-18-48-32(41-24)22-5-9-23(35)10-6-22;/h5-12,18,20,29H,3-4,13-16,19,37-38H2,1H3,(H,40,44);1H/t20-;/m0./s1. The maximum atomic E-state index is 12.1. The summed E-state index contributed by atoms with van der Waals surface area (Å²) in [5.74, 6) is 0.246. The molecule has 1 aliphatic rings. The zero-order valence-corrected chi connectivity index (χ0v) is 30.1. The van der Waals surface area contributed by atoms with Gasteiger partial charge in [-0.2, -0.15) is 5.26 Å². The van der Waals surface area contributed by atoms with Crippen molar-refractivity contribution in [3.8, 4) is 33.5 Å². The Kier molecular flexibility index (Phi) is 13.8. The molecule has 1 amide bonds. The van der Waals surface area contributed by atoms with Gasteiger partial charge in [0, 0.05) is 40.4 Å². The van der Waals surface area contributed by atoms with Crippen LogP contribution in [0.1, 0.15) is 31.0 Å². The molecule has 0 radical (unpaired) electrons. The molecule has 0 bridgehead atoms. The zero-order chi connectivity index (χ0) is 34.9. The Morgan fingerprint density at radius 2 is 1.80 bits per heavy atom. The topological polar surface area (TPSA) is 174 Å². The molecule has 1 atom stereocenters. The number of rotatable bonds is 13. The van der Waals surface area contributed by atoms with Gasteiger partial charge in [0.2, 0.25) is 5.69 Å². The number of nitrogens with one attached hydrogen (secondary N) is 1. The molecule has 260 valence electrons. The lowest BCUT2D eigenvalue weighted by Gasteiger charge is -2.22. The number of anilines is 1. The molecule has 16 heteroatoms. The van der Waals surface area contributed by atoms with E-state index in [-0.39, 0.29) is 25.6 Å². The van der Waals surface area contributed by atoms with E-state index in [0.29, 0.717) is 49.7 Å². The first-order valence-electron chi connectivity index (χ1n) is 15.3. The summed E-state index contributed by atoms with van der Waals surface area (Å²) >= 11 is 9.00. The molecule has 2 aromatic heterocycles. The second-order valence-corrected chi connectivity index (χ2v) is 13.3. The number of amides is 1. The number of carbonyl (C=O) groups excluding carboxylic acids is 2. The fourth-order valence-corrected chi connectivity index (χ4v) is 6.97. The van der Waals surface area contributed by atoms with Crippen molar-refractivity contribution < 1.29 is 19.1 Å². The van der Waals surface area contributed by atoms with Gasteiger partial charge in [-0.05, 0) is 49.6 Å². The normalized spacial score (nSPS) is 12.8. The summed E-state index contributed by atoms with van der Waals surface area (Å²) in [4.78, 5) is 39.4. The lowest BCUT2D eigenvalue weighted by atomic mass is 9.99. The number of nitrogens with two attached hydrogens (primary N) is 2. The average Bonchev–Trinajstić information content (AvgIpc) is 3.82. The molecule has 2 aromatic carbocycles. The van der Waals surface area contributed by atoms with Crippen LogP contribution in [0.25, 0.3) is 26.5 Å². The largest absolute Gasteiger partial charge is 0.490 e. The Balaban J connectivity index is 0.00000562. The summed E-state index contributed by atoms with van der Waals surface area (Å²) in [5, 5.41) is 16.8. The summed E-state index contributed by atoms with van der Waals surface area (Å²) in [5.41, 5.74) is 14.3. The van der Waals surface area contributed by atoms with Gasteiger partial charge in [-0.15, -0.1) is 23.7 Å². The number of hydrogen-bond donors (Lipinski definition) is 3. The van der Waals surface area contributed by atoms with Crippen LogP contribution < -0.4 is 26.4 Å². The van der Waals surface area contributed by atoms with Gasteiger partial charge in [-0.1, -0.05) is 47.6 Å². The van der Waals surface area contributed by atoms with Crippen molar-refractivity contribution in [3.05, 3.63) is 81.6 Å². The lowest BCUT2D eigenvalue weighted by Crippen LogP contribution is -2.51. The van der Waals surface area contributed by atoms with Crippen molar-refractivity contribution in [1.29, 1.82) is 5.26 Å². The van der Waals surface area contributed by atoms with Crippen molar-refractivity contribution in [3.63, 3.8) is 0 Å². The third-order valence-electron chi connectivity index (χ3n) is 7.50.